The molecule has 0 bridgehead atoms. The third-order valence-corrected chi connectivity index (χ3v) is 1.70. The number of halogens is 3. The minimum Gasteiger partial charge on any atom is -0.508 e. The summed E-state index contributed by atoms with van der Waals surface area (Å²) in [4.78, 5) is 0. The van der Waals surface area contributed by atoms with Gasteiger partial charge in [0.1, 0.15) is 5.75 Å². The van der Waals surface area contributed by atoms with Crippen LogP contribution in [0.15, 0.2) is 18.2 Å². The van der Waals surface area contributed by atoms with E-state index in [-0.39, 0.29) is 62.7 Å². The van der Waals surface area contributed by atoms with Gasteiger partial charge in [0.2, 0.25) is 0 Å². The zero-order chi connectivity index (χ0) is 9.35. The second kappa shape index (κ2) is 4.84. The van der Waals surface area contributed by atoms with E-state index in [2.05, 4.69) is 0 Å². The zero-order valence-corrected chi connectivity index (χ0v) is 10.5. The summed E-state index contributed by atoms with van der Waals surface area (Å²) in [6.07, 6.45) is 0. The maximum absolute atomic E-state index is 12.2. The maximum Gasteiger partial charge on any atom is 1.00 e. The minimum absolute atomic E-state index is 0. The van der Waals surface area contributed by atoms with Gasteiger partial charge in [0.15, 0.2) is 0 Å². The van der Waals surface area contributed by atoms with Gasteiger partial charge in [0.05, 0.1) is 0 Å². The van der Waals surface area contributed by atoms with E-state index in [0.717, 1.165) is 6.07 Å². The second-order valence-electron chi connectivity index (χ2n) is 2.57. The van der Waals surface area contributed by atoms with Crippen LogP contribution >= 0.6 is 0 Å². The molecular weight excluding hydrogens is 207 g/mol. The Bertz CT molecular complexity index is 300. The number of hydrogen-bond acceptors (Lipinski definition) is 1. The van der Waals surface area contributed by atoms with Crippen molar-refractivity contribution >= 4 is 12.4 Å². The molecule has 0 aliphatic heterocycles. The average molecular weight is 214 g/mol. The topological polar surface area (TPSA) is 20.2 Å². The third-order valence-electron chi connectivity index (χ3n) is 1.70. The van der Waals surface area contributed by atoms with Gasteiger partial charge < -0.3 is 18.1 Å². The fourth-order valence-electron chi connectivity index (χ4n) is 0.995. The molecule has 0 aromatic heterocycles. The van der Waals surface area contributed by atoms with E-state index in [1.165, 1.54) is 19.1 Å². The number of hydrogen-bond donors (Lipinski definition) is 1. The summed E-state index contributed by atoms with van der Waals surface area (Å²) in [5.41, 5.74) is -0.833. The van der Waals surface area contributed by atoms with Crippen LogP contribution in [0.1, 0.15) is 5.56 Å². The quantitative estimate of drug-likeness (QED) is 0.580. The fourth-order valence-corrected chi connectivity index (χ4v) is 0.995. The molecule has 0 radical (unpaired) electrons. The summed E-state index contributed by atoms with van der Waals surface area (Å²) in [5.74, 6) is -0.313. The van der Waals surface area contributed by atoms with Gasteiger partial charge in [-0.15, -0.1) is 5.46 Å². The summed E-state index contributed by atoms with van der Waals surface area (Å²) >= 11 is 0. The molecule has 6 heteroatoms. The van der Waals surface area contributed by atoms with Crippen LogP contribution in [0.3, 0.4) is 0 Å². The van der Waals surface area contributed by atoms with Crippen LogP contribution in [-0.4, -0.2) is 12.1 Å². The maximum atomic E-state index is 12.2. The summed E-state index contributed by atoms with van der Waals surface area (Å²) < 4.78 is 36.5. The van der Waals surface area contributed by atoms with Crippen molar-refractivity contribution in [2.75, 3.05) is 0 Å². The van der Waals surface area contributed by atoms with Gasteiger partial charge in [-0.25, -0.2) is 0 Å². The van der Waals surface area contributed by atoms with Gasteiger partial charge in [-0.3, -0.25) is 0 Å². The molecule has 0 aliphatic carbocycles. The molecule has 1 nitrogen and oxygen atoms in total. The van der Waals surface area contributed by atoms with E-state index in [1.54, 1.807) is 0 Å². The van der Waals surface area contributed by atoms with Crippen molar-refractivity contribution in [1.82, 2.24) is 0 Å². The van der Waals surface area contributed by atoms with E-state index in [4.69, 9.17) is 5.11 Å². The Hall–Kier alpha value is 0.511. The average Bonchev–Trinajstić information content (AvgIpc) is 1.92. The molecule has 66 valence electrons. The predicted octanol–water partition coefficient (Wildman–Crippen LogP) is -1.24. The van der Waals surface area contributed by atoms with Crippen molar-refractivity contribution in [2.45, 2.75) is 6.92 Å². The Labute approximate surface area is 117 Å². The van der Waals surface area contributed by atoms with Crippen LogP contribution in [0.25, 0.3) is 0 Å². The number of benzene rings is 1. The van der Waals surface area contributed by atoms with Gasteiger partial charge in [-0.2, -0.15) is 0 Å². The molecule has 0 fully saturated rings. The van der Waals surface area contributed by atoms with Crippen LogP contribution in [0, 0.1) is 6.92 Å². The van der Waals surface area contributed by atoms with Crippen molar-refractivity contribution in [2.24, 2.45) is 0 Å². The first-order chi connectivity index (χ1) is 5.43. The van der Waals surface area contributed by atoms with Crippen molar-refractivity contribution in [3.63, 3.8) is 0 Å². The zero-order valence-electron chi connectivity index (χ0n) is 7.39. The van der Waals surface area contributed by atoms with Crippen molar-refractivity contribution in [1.29, 1.82) is 0 Å². The minimum atomic E-state index is -5.01. The molecular formula is C7H7BF3KO. The molecule has 1 aromatic carbocycles. The molecule has 0 spiro atoms. The van der Waals surface area contributed by atoms with E-state index in [9.17, 15) is 12.9 Å². The van der Waals surface area contributed by atoms with E-state index in [1.807, 2.05) is 0 Å². The first-order valence-corrected chi connectivity index (χ1v) is 3.41. The number of phenolic OH excluding ortho intramolecular Hbond substituents is 1. The van der Waals surface area contributed by atoms with Crippen molar-refractivity contribution in [3.8, 4) is 5.75 Å². The molecule has 0 aliphatic rings. The monoisotopic (exact) mass is 214 g/mol. The van der Waals surface area contributed by atoms with Crippen molar-refractivity contribution < 1.29 is 69.4 Å². The van der Waals surface area contributed by atoms with Crippen LogP contribution in [0.2, 0.25) is 0 Å². The first-order valence-electron chi connectivity index (χ1n) is 3.41. The predicted molar refractivity (Wildman–Crippen MR) is 41.6 cm³/mol. The molecule has 1 aromatic rings. The van der Waals surface area contributed by atoms with E-state index >= 15 is 0 Å². The summed E-state index contributed by atoms with van der Waals surface area (Å²) in [6.45, 7) is -3.76. The molecule has 13 heavy (non-hydrogen) atoms. The Morgan fingerprint density at radius 1 is 1.23 bits per heavy atom. The number of phenols is 1. The van der Waals surface area contributed by atoms with Gasteiger partial charge in [0, 0.05) is 0 Å². The van der Waals surface area contributed by atoms with E-state index in [0.29, 0.717) is 0 Å². The Kier molecular flexibility index (Phi) is 5.03. The van der Waals surface area contributed by atoms with Gasteiger partial charge in [-0.05, 0) is 18.6 Å². The Morgan fingerprint density at radius 3 is 2.15 bits per heavy atom. The summed E-state index contributed by atoms with van der Waals surface area (Å²) in [7, 11) is 0. The largest absolute Gasteiger partial charge is 1.00 e. The summed E-state index contributed by atoms with van der Waals surface area (Å²) in [6, 6.07) is 3.39. The van der Waals surface area contributed by atoms with Gasteiger partial charge >= 0.3 is 58.4 Å². The molecule has 0 atom stereocenters. The molecule has 0 unspecified atom stereocenters. The van der Waals surface area contributed by atoms with Gasteiger partial charge in [0.25, 0.3) is 0 Å². The Balaban J connectivity index is 0.00000144. The summed E-state index contributed by atoms with van der Waals surface area (Å²) in [5, 5.41) is 8.97. The van der Waals surface area contributed by atoms with E-state index < -0.39 is 12.4 Å². The van der Waals surface area contributed by atoms with Crippen molar-refractivity contribution in [3.05, 3.63) is 23.8 Å². The standard InChI is InChI=1S/C7H7BF3O.K/c1-5-6(8(9,10)11)3-2-4-7(5)12;/h2-4,12H,1H3;/q-1;+1. The van der Waals surface area contributed by atoms with Crippen LogP contribution < -0.4 is 56.8 Å². The van der Waals surface area contributed by atoms with Crippen LogP contribution in [0.4, 0.5) is 12.9 Å². The molecule has 0 saturated heterocycles. The SMILES string of the molecule is Cc1c(O)cccc1[B-](F)(F)F.[K+]. The molecule has 1 rings (SSSR count). The molecule has 0 heterocycles. The number of aromatic hydroxyl groups is 1. The first kappa shape index (κ1) is 13.5. The normalized spacial score (nSPS) is 10.8. The number of rotatable bonds is 1. The fraction of sp³-hybridized carbons (Fsp3) is 0.143. The van der Waals surface area contributed by atoms with Crippen LogP contribution in [0.5, 0.6) is 5.75 Å². The molecule has 0 amide bonds. The third kappa shape index (κ3) is 3.29. The smallest absolute Gasteiger partial charge is 0.508 e. The van der Waals surface area contributed by atoms with Crippen LogP contribution in [-0.2, 0) is 0 Å². The second-order valence-corrected chi connectivity index (χ2v) is 2.57. The Morgan fingerprint density at radius 2 is 1.77 bits per heavy atom. The molecule has 0 saturated carbocycles. The van der Waals surface area contributed by atoms with Gasteiger partial charge in [-0.1, -0.05) is 12.1 Å². The molecule has 1 N–H and O–H groups in total.